The van der Waals surface area contributed by atoms with Gasteiger partial charge in [0.05, 0.1) is 11.1 Å². The number of aromatic nitrogens is 4. The van der Waals surface area contributed by atoms with Crippen molar-refractivity contribution in [3.05, 3.63) is 71.9 Å². The molecule has 3 heterocycles. The molecule has 4 aromatic rings. The fraction of sp³-hybridized carbons (Fsp3) is 0.292. The average molecular weight is 429 g/mol. The largest absolute Gasteiger partial charge is 0.421 e. The molecule has 0 spiro atoms. The number of aryl methyl sites for hydroxylation is 1. The lowest BCUT2D eigenvalue weighted by Crippen LogP contribution is -2.45. The van der Waals surface area contributed by atoms with Crippen molar-refractivity contribution < 1.29 is 13.7 Å². The van der Waals surface area contributed by atoms with Gasteiger partial charge in [0.25, 0.3) is 11.8 Å². The van der Waals surface area contributed by atoms with Gasteiger partial charge in [-0.1, -0.05) is 35.5 Å². The first-order chi connectivity index (χ1) is 15.7. The summed E-state index contributed by atoms with van der Waals surface area (Å²) in [7, 11) is 0. The van der Waals surface area contributed by atoms with E-state index in [-0.39, 0.29) is 11.9 Å². The molecule has 8 nitrogen and oxygen atoms in total. The lowest BCUT2D eigenvalue weighted by molar-refractivity contribution is 0.0606. The zero-order valence-corrected chi connectivity index (χ0v) is 17.8. The molecule has 0 radical (unpaired) electrons. The second kappa shape index (κ2) is 8.74. The maximum absolute atomic E-state index is 13.6. The topological polar surface area (TPSA) is 98.2 Å². The smallest absolute Gasteiger partial charge is 0.258 e. The van der Waals surface area contributed by atoms with E-state index in [2.05, 4.69) is 20.3 Å². The first kappa shape index (κ1) is 20.1. The fourth-order valence-electron chi connectivity index (χ4n) is 4.13. The maximum Gasteiger partial charge on any atom is 0.258 e. The molecule has 1 fully saturated rings. The van der Waals surface area contributed by atoms with Gasteiger partial charge in [0.15, 0.2) is 5.82 Å². The SMILES string of the molecule is Cc1noc(-c2ccccc2C(=O)N2CCCCC2Cc2nnc(-c3ccccc3)o2)n1. The van der Waals surface area contributed by atoms with Crippen LogP contribution in [-0.4, -0.2) is 43.7 Å². The number of carbonyl (C=O) groups excluding carboxylic acids is 1. The summed E-state index contributed by atoms with van der Waals surface area (Å²) in [6.45, 7) is 2.44. The predicted octanol–water partition coefficient (Wildman–Crippen LogP) is 4.33. The molecule has 0 N–H and O–H groups in total. The van der Waals surface area contributed by atoms with Crippen LogP contribution in [0.25, 0.3) is 22.9 Å². The van der Waals surface area contributed by atoms with Crippen molar-refractivity contribution in [3.63, 3.8) is 0 Å². The van der Waals surface area contributed by atoms with Gasteiger partial charge >= 0.3 is 0 Å². The summed E-state index contributed by atoms with van der Waals surface area (Å²) in [5.74, 6) is 1.86. The molecule has 5 rings (SSSR count). The molecular weight excluding hydrogens is 406 g/mol. The Morgan fingerprint density at radius 2 is 1.84 bits per heavy atom. The molecule has 162 valence electrons. The molecule has 32 heavy (non-hydrogen) atoms. The third-order valence-corrected chi connectivity index (χ3v) is 5.70. The summed E-state index contributed by atoms with van der Waals surface area (Å²) in [6.07, 6.45) is 3.42. The summed E-state index contributed by atoms with van der Waals surface area (Å²) in [5.41, 5.74) is 2.08. The van der Waals surface area contributed by atoms with Crippen molar-refractivity contribution in [1.82, 2.24) is 25.2 Å². The minimum atomic E-state index is -0.0519. The highest BCUT2D eigenvalue weighted by Gasteiger charge is 2.31. The van der Waals surface area contributed by atoms with Crippen LogP contribution < -0.4 is 0 Å². The Hall–Kier alpha value is -3.81. The molecule has 1 aliphatic rings. The van der Waals surface area contributed by atoms with Gasteiger partial charge in [-0.25, -0.2) is 0 Å². The van der Waals surface area contributed by atoms with Crippen LogP contribution >= 0.6 is 0 Å². The number of piperidine rings is 1. The minimum Gasteiger partial charge on any atom is -0.421 e. The highest BCUT2D eigenvalue weighted by molar-refractivity contribution is 6.00. The monoisotopic (exact) mass is 429 g/mol. The van der Waals surface area contributed by atoms with Crippen LogP contribution in [0.2, 0.25) is 0 Å². The molecule has 8 heteroatoms. The van der Waals surface area contributed by atoms with E-state index in [1.165, 1.54) is 0 Å². The highest BCUT2D eigenvalue weighted by atomic mass is 16.5. The molecule has 1 unspecified atom stereocenters. The molecule has 0 bridgehead atoms. The van der Waals surface area contributed by atoms with E-state index in [1.807, 2.05) is 59.5 Å². The predicted molar refractivity (Wildman–Crippen MR) is 117 cm³/mol. The normalized spacial score (nSPS) is 16.3. The van der Waals surface area contributed by atoms with Gasteiger partial charge < -0.3 is 13.8 Å². The van der Waals surface area contributed by atoms with Gasteiger partial charge in [-0.05, 0) is 50.5 Å². The molecule has 0 saturated carbocycles. The second-order valence-electron chi connectivity index (χ2n) is 7.91. The van der Waals surface area contributed by atoms with Crippen molar-refractivity contribution in [2.45, 2.75) is 38.6 Å². The van der Waals surface area contributed by atoms with Gasteiger partial charge in [0.2, 0.25) is 11.8 Å². The molecule has 0 aliphatic carbocycles. The summed E-state index contributed by atoms with van der Waals surface area (Å²) >= 11 is 0. The van der Waals surface area contributed by atoms with E-state index in [0.717, 1.165) is 24.8 Å². The number of hydrogen-bond acceptors (Lipinski definition) is 7. The first-order valence-electron chi connectivity index (χ1n) is 10.8. The van der Waals surface area contributed by atoms with Crippen LogP contribution in [0.5, 0.6) is 0 Å². The number of nitrogens with zero attached hydrogens (tertiary/aromatic N) is 5. The quantitative estimate of drug-likeness (QED) is 0.465. The summed E-state index contributed by atoms with van der Waals surface area (Å²) in [6, 6.07) is 17.0. The molecule has 1 saturated heterocycles. The Morgan fingerprint density at radius 1 is 1.03 bits per heavy atom. The molecule has 2 aromatic heterocycles. The fourth-order valence-corrected chi connectivity index (χ4v) is 4.13. The molecule has 2 aromatic carbocycles. The number of amides is 1. The molecule has 1 atom stereocenters. The van der Waals surface area contributed by atoms with Crippen molar-refractivity contribution >= 4 is 5.91 Å². The van der Waals surface area contributed by atoms with Crippen LogP contribution in [0.15, 0.2) is 63.5 Å². The Bertz CT molecular complexity index is 1220. The van der Waals surface area contributed by atoms with Crippen LogP contribution in [0.1, 0.15) is 41.3 Å². The lowest BCUT2D eigenvalue weighted by atomic mass is 9.97. The van der Waals surface area contributed by atoms with Crippen LogP contribution in [0.3, 0.4) is 0 Å². The first-order valence-corrected chi connectivity index (χ1v) is 10.8. The molecular formula is C24H23N5O3. The highest BCUT2D eigenvalue weighted by Crippen LogP contribution is 2.28. The summed E-state index contributed by atoms with van der Waals surface area (Å²) < 4.78 is 11.2. The van der Waals surface area contributed by atoms with Crippen LogP contribution in [0.4, 0.5) is 0 Å². The van der Waals surface area contributed by atoms with E-state index < -0.39 is 0 Å². The van der Waals surface area contributed by atoms with Crippen molar-refractivity contribution in [2.24, 2.45) is 0 Å². The van der Waals surface area contributed by atoms with Gasteiger partial charge in [-0.15, -0.1) is 10.2 Å². The minimum absolute atomic E-state index is 0.0159. The zero-order valence-electron chi connectivity index (χ0n) is 17.8. The Balaban J connectivity index is 1.39. The Labute approximate surface area is 185 Å². The number of rotatable bonds is 5. The van der Waals surface area contributed by atoms with E-state index in [9.17, 15) is 4.79 Å². The van der Waals surface area contributed by atoms with E-state index in [4.69, 9.17) is 8.94 Å². The lowest BCUT2D eigenvalue weighted by Gasteiger charge is -2.35. The number of benzene rings is 2. The van der Waals surface area contributed by atoms with Crippen LogP contribution in [0, 0.1) is 6.92 Å². The van der Waals surface area contributed by atoms with Gasteiger partial charge in [-0.2, -0.15) is 4.98 Å². The number of carbonyl (C=O) groups is 1. The molecule has 1 aliphatic heterocycles. The van der Waals surface area contributed by atoms with E-state index >= 15 is 0 Å². The Morgan fingerprint density at radius 3 is 2.66 bits per heavy atom. The van der Waals surface area contributed by atoms with Gasteiger partial charge in [0.1, 0.15) is 0 Å². The van der Waals surface area contributed by atoms with Crippen LogP contribution in [-0.2, 0) is 6.42 Å². The third-order valence-electron chi connectivity index (χ3n) is 5.70. The molecule has 1 amide bonds. The summed E-state index contributed by atoms with van der Waals surface area (Å²) in [4.78, 5) is 19.8. The summed E-state index contributed by atoms with van der Waals surface area (Å²) in [5, 5.41) is 12.3. The van der Waals surface area contributed by atoms with Crippen molar-refractivity contribution in [3.8, 4) is 22.9 Å². The average Bonchev–Trinajstić information content (AvgIpc) is 3.49. The van der Waals surface area contributed by atoms with E-state index in [0.29, 0.717) is 47.6 Å². The number of likely N-dealkylation sites (tertiary alicyclic amines) is 1. The number of hydrogen-bond donors (Lipinski definition) is 0. The zero-order chi connectivity index (χ0) is 21.9. The second-order valence-corrected chi connectivity index (χ2v) is 7.91. The Kier molecular flexibility index (Phi) is 5.49. The van der Waals surface area contributed by atoms with Gasteiger partial charge in [0, 0.05) is 24.6 Å². The van der Waals surface area contributed by atoms with Crippen molar-refractivity contribution in [2.75, 3.05) is 6.54 Å². The van der Waals surface area contributed by atoms with Crippen molar-refractivity contribution in [1.29, 1.82) is 0 Å². The maximum atomic E-state index is 13.6. The van der Waals surface area contributed by atoms with Gasteiger partial charge in [-0.3, -0.25) is 4.79 Å². The third kappa shape index (κ3) is 4.03. The standard InChI is InChI=1S/C24H23N5O3/c1-16-25-23(32-28-16)19-12-5-6-13-20(19)24(30)29-14-8-7-11-18(29)15-21-26-27-22(31-21)17-9-3-2-4-10-17/h2-6,9-10,12-13,18H,7-8,11,14-15H2,1H3. The van der Waals surface area contributed by atoms with E-state index in [1.54, 1.807) is 6.92 Å².